The molecule has 1 N–H and O–H groups in total. The van der Waals surface area contributed by atoms with Crippen LogP contribution >= 0.6 is 15.9 Å². The van der Waals surface area contributed by atoms with Crippen molar-refractivity contribution in [3.63, 3.8) is 0 Å². The van der Waals surface area contributed by atoms with Crippen LogP contribution in [0.15, 0.2) is 34.8 Å². The maximum Gasteiger partial charge on any atom is 0.219 e. The van der Waals surface area contributed by atoms with Gasteiger partial charge in [-0.3, -0.25) is 0 Å². The molecule has 19 heavy (non-hydrogen) atoms. The topological polar surface area (TPSA) is 47.0 Å². The van der Waals surface area contributed by atoms with Crippen LogP contribution in [0, 0.1) is 6.92 Å². The Balaban J connectivity index is 2.04. The average molecular weight is 322 g/mol. The summed E-state index contributed by atoms with van der Waals surface area (Å²) in [5.41, 5.74) is 1.10. The van der Waals surface area contributed by atoms with Gasteiger partial charge in [-0.1, -0.05) is 28.1 Å². The number of anilines is 1. The molecule has 2 aromatic rings. The number of hydrogen-bond donors (Lipinski definition) is 1. The molecule has 0 aliphatic heterocycles. The third-order valence-electron chi connectivity index (χ3n) is 2.47. The van der Waals surface area contributed by atoms with Crippen molar-refractivity contribution in [3.05, 3.63) is 46.2 Å². The molecule has 1 heterocycles. The Kier molecular flexibility index (Phi) is 4.74. The first kappa shape index (κ1) is 13.8. The van der Waals surface area contributed by atoms with E-state index in [2.05, 4.69) is 31.2 Å². The number of rotatable bonds is 5. The van der Waals surface area contributed by atoms with E-state index in [0.717, 1.165) is 22.4 Å². The summed E-state index contributed by atoms with van der Waals surface area (Å²) in [6.45, 7) is 5.20. The van der Waals surface area contributed by atoms with Crippen LogP contribution in [-0.4, -0.2) is 16.5 Å². The number of nitrogens with zero attached hydrogens (tertiary/aromatic N) is 2. The van der Waals surface area contributed by atoms with Gasteiger partial charge in [-0.15, -0.1) is 0 Å². The minimum absolute atomic E-state index is 0.495. The Morgan fingerprint density at radius 3 is 2.63 bits per heavy atom. The molecule has 0 unspecified atom stereocenters. The number of ether oxygens (including phenoxy) is 1. The summed E-state index contributed by atoms with van der Waals surface area (Å²) in [5, 5.41) is 3.16. The fourth-order valence-electron chi connectivity index (χ4n) is 1.62. The zero-order chi connectivity index (χ0) is 13.7. The van der Waals surface area contributed by atoms with E-state index in [-0.39, 0.29) is 0 Å². The van der Waals surface area contributed by atoms with Crippen LogP contribution in [0.2, 0.25) is 0 Å². The van der Waals surface area contributed by atoms with E-state index in [1.165, 1.54) is 0 Å². The first-order chi connectivity index (χ1) is 9.17. The highest BCUT2D eigenvalue weighted by Gasteiger charge is 2.03. The van der Waals surface area contributed by atoms with Crippen molar-refractivity contribution in [1.29, 1.82) is 0 Å². The summed E-state index contributed by atoms with van der Waals surface area (Å²) in [5.74, 6) is 2.08. The van der Waals surface area contributed by atoms with Gasteiger partial charge in [0.05, 0.1) is 0 Å². The minimum atomic E-state index is 0.495. The first-order valence-electron chi connectivity index (χ1n) is 6.14. The molecule has 5 heteroatoms. The van der Waals surface area contributed by atoms with E-state index >= 15 is 0 Å². The molecule has 0 atom stereocenters. The second-order valence-corrected chi connectivity index (χ2v) is 5.00. The highest BCUT2D eigenvalue weighted by atomic mass is 79.9. The molecular weight excluding hydrogens is 306 g/mol. The minimum Gasteiger partial charge on any atom is -0.473 e. The maximum atomic E-state index is 5.69. The predicted molar refractivity (Wildman–Crippen MR) is 79.4 cm³/mol. The van der Waals surface area contributed by atoms with E-state index < -0.39 is 0 Å². The second-order valence-electron chi connectivity index (χ2n) is 4.08. The molecule has 0 amide bonds. The summed E-state index contributed by atoms with van der Waals surface area (Å²) in [7, 11) is 0. The van der Waals surface area contributed by atoms with Crippen molar-refractivity contribution in [2.75, 3.05) is 11.9 Å². The van der Waals surface area contributed by atoms with E-state index in [1.807, 2.05) is 44.2 Å². The van der Waals surface area contributed by atoms with Gasteiger partial charge >= 0.3 is 0 Å². The average Bonchev–Trinajstić information content (AvgIpc) is 2.38. The van der Waals surface area contributed by atoms with Gasteiger partial charge in [0.1, 0.15) is 18.2 Å². The van der Waals surface area contributed by atoms with Crippen molar-refractivity contribution >= 4 is 21.7 Å². The lowest BCUT2D eigenvalue weighted by molar-refractivity contribution is 0.293. The molecule has 2 rings (SSSR count). The zero-order valence-corrected chi connectivity index (χ0v) is 12.6. The van der Waals surface area contributed by atoms with Gasteiger partial charge in [0.2, 0.25) is 5.88 Å². The van der Waals surface area contributed by atoms with Gasteiger partial charge in [0.25, 0.3) is 0 Å². The molecule has 100 valence electrons. The SMILES string of the molecule is CCNc1cc(OCc2ccc(Br)cc2)nc(C)n1. The Hall–Kier alpha value is -1.62. The number of aromatic nitrogens is 2. The molecular formula is C14H16BrN3O. The van der Waals surface area contributed by atoms with Crippen LogP contribution in [0.4, 0.5) is 5.82 Å². The molecule has 0 aliphatic carbocycles. The highest BCUT2D eigenvalue weighted by molar-refractivity contribution is 9.10. The fraction of sp³-hybridized carbons (Fsp3) is 0.286. The Morgan fingerprint density at radius 2 is 1.95 bits per heavy atom. The molecule has 0 saturated heterocycles. The predicted octanol–water partition coefficient (Wildman–Crippen LogP) is 3.56. The molecule has 0 bridgehead atoms. The van der Waals surface area contributed by atoms with Crippen LogP contribution in [0.3, 0.4) is 0 Å². The summed E-state index contributed by atoms with van der Waals surface area (Å²) < 4.78 is 6.75. The van der Waals surface area contributed by atoms with Gasteiger partial charge in [0.15, 0.2) is 0 Å². The van der Waals surface area contributed by atoms with Gasteiger partial charge in [-0.25, -0.2) is 4.98 Å². The van der Waals surface area contributed by atoms with E-state index in [9.17, 15) is 0 Å². The van der Waals surface area contributed by atoms with Crippen molar-refractivity contribution < 1.29 is 4.74 Å². The number of hydrogen-bond acceptors (Lipinski definition) is 4. The third kappa shape index (κ3) is 4.21. The smallest absolute Gasteiger partial charge is 0.219 e. The molecule has 1 aromatic heterocycles. The molecule has 0 saturated carbocycles. The standard InChI is InChI=1S/C14H16BrN3O/c1-3-16-13-8-14(18-10(2)17-13)19-9-11-4-6-12(15)7-5-11/h4-8H,3,9H2,1-2H3,(H,16,17,18). The molecule has 0 radical (unpaired) electrons. The van der Waals surface area contributed by atoms with Gasteiger partial charge in [0, 0.05) is 17.1 Å². The number of aryl methyl sites for hydroxylation is 1. The number of benzene rings is 1. The quantitative estimate of drug-likeness (QED) is 0.914. The Bertz CT molecular complexity index is 543. The summed E-state index contributed by atoms with van der Waals surface area (Å²) in [6, 6.07) is 9.84. The zero-order valence-electron chi connectivity index (χ0n) is 11.0. The molecule has 0 spiro atoms. The lowest BCUT2D eigenvalue weighted by Crippen LogP contribution is -2.04. The van der Waals surface area contributed by atoms with Crippen LogP contribution in [-0.2, 0) is 6.61 Å². The lowest BCUT2D eigenvalue weighted by atomic mass is 10.2. The van der Waals surface area contributed by atoms with Crippen molar-refractivity contribution in [2.45, 2.75) is 20.5 Å². The van der Waals surface area contributed by atoms with Gasteiger partial charge in [-0.2, -0.15) is 4.98 Å². The number of halogens is 1. The van der Waals surface area contributed by atoms with E-state index in [4.69, 9.17) is 4.74 Å². The summed E-state index contributed by atoms with van der Waals surface area (Å²) in [6.07, 6.45) is 0. The molecule has 4 nitrogen and oxygen atoms in total. The Labute approximate surface area is 121 Å². The summed E-state index contributed by atoms with van der Waals surface area (Å²) >= 11 is 3.41. The van der Waals surface area contributed by atoms with Gasteiger partial charge in [-0.05, 0) is 31.5 Å². The fourth-order valence-corrected chi connectivity index (χ4v) is 1.89. The Morgan fingerprint density at radius 1 is 1.21 bits per heavy atom. The normalized spacial score (nSPS) is 10.3. The monoisotopic (exact) mass is 321 g/mol. The lowest BCUT2D eigenvalue weighted by Gasteiger charge is -2.08. The van der Waals surface area contributed by atoms with Crippen LogP contribution in [0.25, 0.3) is 0 Å². The van der Waals surface area contributed by atoms with Crippen LogP contribution in [0.1, 0.15) is 18.3 Å². The molecule has 0 fully saturated rings. The third-order valence-corrected chi connectivity index (χ3v) is 3.00. The van der Waals surface area contributed by atoms with E-state index in [1.54, 1.807) is 0 Å². The maximum absolute atomic E-state index is 5.69. The van der Waals surface area contributed by atoms with Crippen molar-refractivity contribution in [3.8, 4) is 5.88 Å². The van der Waals surface area contributed by atoms with Crippen LogP contribution in [0.5, 0.6) is 5.88 Å². The van der Waals surface area contributed by atoms with Crippen molar-refractivity contribution in [2.24, 2.45) is 0 Å². The van der Waals surface area contributed by atoms with Crippen LogP contribution < -0.4 is 10.1 Å². The number of nitrogens with one attached hydrogen (secondary N) is 1. The van der Waals surface area contributed by atoms with Crippen molar-refractivity contribution in [1.82, 2.24) is 9.97 Å². The largest absolute Gasteiger partial charge is 0.473 e. The van der Waals surface area contributed by atoms with E-state index in [0.29, 0.717) is 18.3 Å². The summed E-state index contributed by atoms with van der Waals surface area (Å²) in [4.78, 5) is 8.55. The second kappa shape index (κ2) is 6.52. The first-order valence-corrected chi connectivity index (χ1v) is 6.93. The highest BCUT2D eigenvalue weighted by Crippen LogP contribution is 2.16. The molecule has 0 aliphatic rings. The van der Waals surface area contributed by atoms with Gasteiger partial charge < -0.3 is 10.1 Å². The molecule has 1 aromatic carbocycles.